The van der Waals surface area contributed by atoms with Crippen LogP contribution < -0.4 is 5.73 Å². The number of nitrogens with two attached hydrogens (primary N) is 1. The van der Waals surface area contributed by atoms with Crippen LogP contribution in [0.1, 0.15) is 5.69 Å². The molecule has 1 saturated heterocycles. The van der Waals surface area contributed by atoms with Crippen molar-refractivity contribution in [2.75, 3.05) is 32.0 Å². The fourth-order valence-corrected chi connectivity index (χ4v) is 1.54. The first-order valence-electron chi connectivity index (χ1n) is 4.58. The second kappa shape index (κ2) is 3.81. The van der Waals surface area contributed by atoms with E-state index in [2.05, 4.69) is 9.88 Å². The molecule has 13 heavy (non-hydrogen) atoms. The third-order valence-electron chi connectivity index (χ3n) is 2.35. The second-order valence-corrected chi connectivity index (χ2v) is 3.30. The van der Waals surface area contributed by atoms with E-state index in [0.29, 0.717) is 0 Å². The zero-order valence-electron chi connectivity index (χ0n) is 7.62. The van der Waals surface area contributed by atoms with Crippen LogP contribution in [0, 0.1) is 0 Å². The van der Waals surface area contributed by atoms with E-state index in [4.69, 9.17) is 10.5 Å². The Kier molecular flexibility index (Phi) is 2.52. The zero-order valence-corrected chi connectivity index (χ0v) is 7.62. The molecular weight excluding hydrogens is 166 g/mol. The standard InChI is InChI=1S/C9H15N3O/c10-8-1-2-11-9(8)7-12-3-5-13-6-4-12/h1-2,11H,3-7,10H2. The Morgan fingerprint density at radius 3 is 2.85 bits per heavy atom. The Bertz CT molecular complexity index is 266. The maximum atomic E-state index is 5.77. The molecule has 4 nitrogen and oxygen atoms in total. The van der Waals surface area contributed by atoms with Crippen molar-refractivity contribution in [2.45, 2.75) is 6.54 Å². The lowest BCUT2D eigenvalue weighted by Gasteiger charge is -2.26. The van der Waals surface area contributed by atoms with Crippen LogP contribution in [0.3, 0.4) is 0 Å². The third kappa shape index (κ3) is 2.02. The van der Waals surface area contributed by atoms with E-state index in [0.717, 1.165) is 44.2 Å². The number of nitrogens with zero attached hydrogens (tertiary/aromatic N) is 1. The number of rotatable bonds is 2. The second-order valence-electron chi connectivity index (χ2n) is 3.30. The van der Waals surface area contributed by atoms with Crippen molar-refractivity contribution in [1.29, 1.82) is 0 Å². The number of hydrogen-bond acceptors (Lipinski definition) is 3. The number of anilines is 1. The average Bonchev–Trinajstić information content (AvgIpc) is 2.54. The molecule has 1 aromatic rings. The molecule has 1 aliphatic rings. The fraction of sp³-hybridized carbons (Fsp3) is 0.556. The molecule has 1 aromatic heterocycles. The lowest BCUT2D eigenvalue weighted by Crippen LogP contribution is -2.35. The van der Waals surface area contributed by atoms with Gasteiger partial charge in [-0.05, 0) is 6.07 Å². The van der Waals surface area contributed by atoms with Crippen LogP contribution >= 0.6 is 0 Å². The molecule has 2 heterocycles. The summed E-state index contributed by atoms with van der Waals surface area (Å²) in [5.74, 6) is 0. The van der Waals surface area contributed by atoms with Crippen LogP contribution in [-0.2, 0) is 11.3 Å². The van der Waals surface area contributed by atoms with Crippen LogP contribution in [-0.4, -0.2) is 36.2 Å². The molecule has 0 amide bonds. The molecule has 1 fully saturated rings. The van der Waals surface area contributed by atoms with Crippen molar-refractivity contribution in [3.8, 4) is 0 Å². The third-order valence-corrected chi connectivity index (χ3v) is 2.35. The summed E-state index contributed by atoms with van der Waals surface area (Å²) in [7, 11) is 0. The van der Waals surface area contributed by atoms with E-state index in [-0.39, 0.29) is 0 Å². The first kappa shape index (κ1) is 8.59. The number of hydrogen-bond donors (Lipinski definition) is 2. The van der Waals surface area contributed by atoms with Gasteiger partial charge in [0.1, 0.15) is 0 Å². The van der Waals surface area contributed by atoms with E-state index in [1.54, 1.807) is 0 Å². The SMILES string of the molecule is Nc1cc[nH]c1CN1CCOCC1. The van der Waals surface area contributed by atoms with Gasteiger partial charge < -0.3 is 15.5 Å². The van der Waals surface area contributed by atoms with Crippen molar-refractivity contribution >= 4 is 5.69 Å². The molecule has 2 rings (SSSR count). The quantitative estimate of drug-likeness (QED) is 0.695. The number of aromatic amines is 1. The lowest BCUT2D eigenvalue weighted by atomic mass is 10.3. The van der Waals surface area contributed by atoms with Gasteiger partial charge in [0.05, 0.1) is 24.6 Å². The summed E-state index contributed by atoms with van der Waals surface area (Å²) in [6.07, 6.45) is 1.88. The minimum Gasteiger partial charge on any atom is -0.397 e. The van der Waals surface area contributed by atoms with Crippen molar-refractivity contribution in [2.24, 2.45) is 0 Å². The van der Waals surface area contributed by atoms with E-state index in [1.807, 2.05) is 12.3 Å². The molecule has 3 N–H and O–H groups in total. The van der Waals surface area contributed by atoms with Gasteiger partial charge in [-0.1, -0.05) is 0 Å². The highest BCUT2D eigenvalue weighted by Gasteiger charge is 2.12. The maximum absolute atomic E-state index is 5.77. The van der Waals surface area contributed by atoms with E-state index < -0.39 is 0 Å². The van der Waals surface area contributed by atoms with Gasteiger partial charge >= 0.3 is 0 Å². The number of morpholine rings is 1. The first-order chi connectivity index (χ1) is 6.36. The van der Waals surface area contributed by atoms with E-state index in [1.165, 1.54) is 0 Å². The van der Waals surface area contributed by atoms with Crippen LogP contribution in [0.2, 0.25) is 0 Å². The number of H-pyrrole nitrogens is 1. The fourth-order valence-electron chi connectivity index (χ4n) is 1.54. The van der Waals surface area contributed by atoms with Gasteiger partial charge in [0.2, 0.25) is 0 Å². The summed E-state index contributed by atoms with van der Waals surface area (Å²) in [6.45, 7) is 4.57. The predicted octanol–water partition coefficient (Wildman–Crippen LogP) is 0.429. The summed E-state index contributed by atoms with van der Waals surface area (Å²) < 4.78 is 5.27. The molecule has 0 saturated carbocycles. The van der Waals surface area contributed by atoms with Gasteiger partial charge in [-0.3, -0.25) is 4.90 Å². The van der Waals surface area contributed by atoms with E-state index in [9.17, 15) is 0 Å². The molecule has 0 radical (unpaired) electrons. The minimum absolute atomic E-state index is 0.834. The monoisotopic (exact) mass is 181 g/mol. The Morgan fingerprint density at radius 1 is 1.46 bits per heavy atom. The van der Waals surface area contributed by atoms with Crippen LogP contribution in [0.4, 0.5) is 5.69 Å². The Hall–Kier alpha value is -1.00. The normalized spacial score (nSPS) is 19.1. The Morgan fingerprint density at radius 2 is 2.23 bits per heavy atom. The highest BCUT2D eigenvalue weighted by molar-refractivity contribution is 5.42. The summed E-state index contributed by atoms with van der Waals surface area (Å²) in [6, 6.07) is 1.90. The predicted molar refractivity (Wildman–Crippen MR) is 51.3 cm³/mol. The van der Waals surface area contributed by atoms with Crippen molar-refractivity contribution in [1.82, 2.24) is 9.88 Å². The van der Waals surface area contributed by atoms with Crippen LogP contribution in [0.15, 0.2) is 12.3 Å². The minimum atomic E-state index is 0.834. The smallest absolute Gasteiger partial charge is 0.0594 e. The molecule has 0 spiro atoms. The zero-order chi connectivity index (χ0) is 9.10. The van der Waals surface area contributed by atoms with Gasteiger partial charge in [-0.2, -0.15) is 0 Å². The van der Waals surface area contributed by atoms with Gasteiger partial charge in [0.25, 0.3) is 0 Å². The summed E-state index contributed by atoms with van der Waals surface area (Å²) in [4.78, 5) is 5.48. The van der Waals surface area contributed by atoms with E-state index >= 15 is 0 Å². The molecule has 1 aliphatic heterocycles. The number of ether oxygens (including phenoxy) is 1. The van der Waals surface area contributed by atoms with Gasteiger partial charge in [0, 0.05) is 25.8 Å². The number of nitrogen functional groups attached to an aromatic ring is 1. The molecule has 72 valence electrons. The van der Waals surface area contributed by atoms with Gasteiger partial charge in [-0.15, -0.1) is 0 Å². The molecular formula is C9H15N3O. The van der Waals surface area contributed by atoms with Crippen LogP contribution in [0.25, 0.3) is 0 Å². The Labute approximate surface area is 77.7 Å². The van der Waals surface area contributed by atoms with Gasteiger partial charge in [0.15, 0.2) is 0 Å². The Balaban J connectivity index is 1.93. The maximum Gasteiger partial charge on any atom is 0.0594 e. The van der Waals surface area contributed by atoms with Crippen molar-refractivity contribution in [3.05, 3.63) is 18.0 Å². The summed E-state index contributed by atoms with van der Waals surface area (Å²) in [5, 5.41) is 0. The van der Waals surface area contributed by atoms with Crippen LogP contribution in [0.5, 0.6) is 0 Å². The molecule has 4 heteroatoms. The molecule has 0 aliphatic carbocycles. The highest BCUT2D eigenvalue weighted by atomic mass is 16.5. The topological polar surface area (TPSA) is 54.3 Å². The molecule has 0 bridgehead atoms. The highest BCUT2D eigenvalue weighted by Crippen LogP contribution is 2.12. The number of nitrogens with one attached hydrogen (secondary N) is 1. The first-order valence-corrected chi connectivity index (χ1v) is 4.58. The average molecular weight is 181 g/mol. The van der Waals surface area contributed by atoms with Crippen molar-refractivity contribution in [3.63, 3.8) is 0 Å². The van der Waals surface area contributed by atoms with Crippen molar-refractivity contribution < 1.29 is 4.74 Å². The number of aromatic nitrogens is 1. The molecule has 0 unspecified atom stereocenters. The summed E-state index contributed by atoms with van der Waals surface area (Å²) >= 11 is 0. The summed E-state index contributed by atoms with van der Waals surface area (Å²) in [5.41, 5.74) is 7.73. The lowest BCUT2D eigenvalue weighted by molar-refractivity contribution is 0.0338. The van der Waals surface area contributed by atoms with Gasteiger partial charge in [-0.25, -0.2) is 0 Å². The molecule has 0 aromatic carbocycles. The largest absolute Gasteiger partial charge is 0.397 e. The molecule has 0 atom stereocenters.